The Morgan fingerprint density at radius 2 is 2.22 bits per heavy atom. The molecule has 0 spiro atoms. The van der Waals surface area contributed by atoms with Gasteiger partial charge >= 0.3 is 0 Å². The van der Waals surface area contributed by atoms with Crippen molar-refractivity contribution in [1.82, 2.24) is 9.55 Å². The summed E-state index contributed by atoms with van der Waals surface area (Å²) < 4.78 is 7.67. The number of Topliss-reactive ketones (excluding diaryl/α,β-unsaturated/α-hetero) is 1. The van der Waals surface area contributed by atoms with Gasteiger partial charge in [-0.25, -0.2) is 4.98 Å². The maximum Gasteiger partial charge on any atom is 0.214 e. The van der Waals surface area contributed by atoms with E-state index in [1.54, 1.807) is 0 Å². The lowest BCUT2D eigenvalue weighted by molar-refractivity contribution is 0.0971. The van der Waals surface area contributed by atoms with Crippen molar-refractivity contribution in [3.63, 3.8) is 0 Å². The predicted octanol–water partition coefficient (Wildman–Crippen LogP) is 2.66. The van der Waals surface area contributed by atoms with Crippen LogP contribution in [0, 0.1) is 13.8 Å². The van der Waals surface area contributed by atoms with E-state index in [9.17, 15) is 4.79 Å². The van der Waals surface area contributed by atoms with Gasteiger partial charge in [-0.05, 0) is 32.8 Å². The fourth-order valence-corrected chi connectivity index (χ4v) is 2.49. The average molecular weight is 244 g/mol. The molecular formula is C14H16N2O2. The lowest BCUT2D eigenvalue weighted by Crippen LogP contribution is -2.13. The molecule has 0 saturated carbocycles. The summed E-state index contributed by atoms with van der Waals surface area (Å²) in [6, 6.07) is 1.92. The summed E-state index contributed by atoms with van der Waals surface area (Å²) in [5.74, 6) is 1.83. The predicted molar refractivity (Wildman–Crippen MR) is 66.8 cm³/mol. The van der Waals surface area contributed by atoms with Crippen LogP contribution in [0.1, 0.15) is 46.2 Å². The lowest BCUT2D eigenvalue weighted by atomic mass is 9.97. The topological polar surface area (TPSA) is 48.0 Å². The number of oxazole rings is 1. The standard InChI is InChI=1S/C14H16N2O2/c1-9-10(2)18-14(15-9)8-16-7-6-11-12(16)4-3-5-13(11)17/h6-7H,3-5,8H2,1-2H3. The van der Waals surface area contributed by atoms with Crippen LogP contribution >= 0.6 is 0 Å². The van der Waals surface area contributed by atoms with Crippen LogP contribution in [-0.2, 0) is 13.0 Å². The van der Waals surface area contributed by atoms with E-state index in [1.165, 1.54) is 0 Å². The zero-order valence-corrected chi connectivity index (χ0v) is 10.7. The van der Waals surface area contributed by atoms with Gasteiger partial charge in [-0.15, -0.1) is 0 Å². The molecule has 0 bridgehead atoms. The monoisotopic (exact) mass is 244 g/mol. The van der Waals surface area contributed by atoms with Gasteiger partial charge in [0, 0.05) is 23.9 Å². The van der Waals surface area contributed by atoms with Crippen LogP contribution in [-0.4, -0.2) is 15.3 Å². The first-order valence-corrected chi connectivity index (χ1v) is 6.29. The zero-order chi connectivity index (χ0) is 12.7. The molecule has 2 aromatic heterocycles. The molecule has 18 heavy (non-hydrogen) atoms. The van der Waals surface area contributed by atoms with Gasteiger partial charge in [0.05, 0.1) is 12.2 Å². The Balaban J connectivity index is 1.92. The number of ketones is 1. The summed E-state index contributed by atoms with van der Waals surface area (Å²) in [6.45, 7) is 4.47. The molecule has 0 aliphatic heterocycles. The SMILES string of the molecule is Cc1nc(Cn2ccc3c2CCCC3=O)oc1C. The smallest absolute Gasteiger partial charge is 0.214 e. The van der Waals surface area contributed by atoms with Gasteiger partial charge in [0.2, 0.25) is 5.89 Å². The largest absolute Gasteiger partial charge is 0.444 e. The van der Waals surface area contributed by atoms with E-state index >= 15 is 0 Å². The summed E-state index contributed by atoms with van der Waals surface area (Å²) in [5, 5.41) is 0. The van der Waals surface area contributed by atoms with Gasteiger partial charge in [0.1, 0.15) is 5.76 Å². The molecule has 0 unspecified atom stereocenters. The van der Waals surface area contributed by atoms with Gasteiger partial charge in [-0.3, -0.25) is 4.79 Å². The molecule has 2 aromatic rings. The number of hydrogen-bond acceptors (Lipinski definition) is 3. The van der Waals surface area contributed by atoms with Crippen LogP contribution < -0.4 is 0 Å². The minimum absolute atomic E-state index is 0.259. The van der Waals surface area contributed by atoms with Crippen molar-refractivity contribution in [1.29, 1.82) is 0 Å². The van der Waals surface area contributed by atoms with Gasteiger partial charge in [-0.2, -0.15) is 0 Å². The minimum atomic E-state index is 0.259. The molecule has 0 N–H and O–H groups in total. The lowest BCUT2D eigenvalue weighted by Gasteiger charge is -2.13. The third-order valence-electron chi connectivity index (χ3n) is 3.57. The Kier molecular flexibility index (Phi) is 2.58. The summed E-state index contributed by atoms with van der Waals surface area (Å²) in [6.07, 6.45) is 4.54. The van der Waals surface area contributed by atoms with E-state index < -0.39 is 0 Å². The van der Waals surface area contributed by atoms with E-state index in [0.29, 0.717) is 18.9 Å². The third-order valence-corrected chi connectivity index (χ3v) is 3.57. The van der Waals surface area contributed by atoms with Crippen LogP contribution in [0.2, 0.25) is 0 Å². The molecule has 4 heteroatoms. The molecule has 94 valence electrons. The Hall–Kier alpha value is -1.84. The van der Waals surface area contributed by atoms with Crippen molar-refractivity contribution in [3.05, 3.63) is 40.9 Å². The number of aromatic nitrogens is 2. The van der Waals surface area contributed by atoms with E-state index in [-0.39, 0.29) is 5.78 Å². The number of nitrogens with zero attached hydrogens (tertiary/aromatic N) is 2. The highest BCUT2D eigenvalue weighted by atomic mass is 16.4. The first kappa shape index (κ1) is 11.3. The normalized spacial score (nSPS) is 14.9. The molecule has 0 fully saturated rings. The molecule has 4 nitrogen and oxygen atoms in total. The maximum absolute atomic E-state index is 11.8. The summed E-state index contributed by atoms with van der Waals surface area (Å²) >= 11 is 0. The number of aryl methyl sites for hydroxylation is 2. The minimum Gasteiger partial charge on any atom is -0.444 e. The quantitative estimate of drug-likeness (QED) is 0.816. The summed E-state index contributed by atoms with van der Waals surface area (Å²) in [4.78, 5) is 16.1. The molecule has 0 aromatic carbocycles. The number of rotatable bonds is 2. The van der Waals surface area contributed by atoms with Gasteiger partial charge in [0.25, 0.3) is 0 Å². The number of carbonyl (C=O) groups excluding carboxylic acids is 1. The van der Waals surface area contributed by atoms with E-state index in [4.69, 9.17) is 4.42 Å². The van der Waals surface area contributed by atoms with Crippen molar-refractivity contribution in [2.24, 2.45) is 0 Å². The zero-order valence-electron chi connectivity index (χ0n) is 10.7. The molecule has 0 radical (unpaired) electrons. The highest BCUT2D eigenvalue weighted by Gasteiger charge is 2.21. The second-order valence-corrected chi connectivity index (χ2v) is 4.83. The molecule has 1 aliphatic rings. The first-order chi connectivity index (χ1) is 8.65. The molecular weight excluding hydrogens is 228 g/mol. The second-order valence-electron chi connectivity index (χ2n) is 4.83. The van der Waals surface area contributed by atoms with Crippen LogP contribution in [0.4, 0.5) is 0 Å². The summed E-state index contributed by atoms with van der Waals surface area (Å²) in [5.41, 5.74) is 2.93. The van der Waals surface area contributed by atoms with Crippen molar-refractivity contribution in [2.45, 2.75) is 39.7 Å². The van der Waals surface area contributed by atoms with Crippen LogP contribution in [0.3, 0.4) is 0 Å². The second kappa shape index (κ2) is 4.12. The van der Waals surface area contributed by atoms with E-state index in [1.807, 2.05) is 26.1 Å². The van der Waals surface area contributed by atoms with E-state index in [0.717, 1.165) is 35.6 Å². The Morgan fingerprint density at radius 3 is 2.94 bits per heavy atom. The van der Waals surface area contributed by atoms with Crippen LogP contribution in [0.25, 0.3) is 0 Å². The molecule has 0 atom stereocenters. The van der Waals surface area contributed by atoms with Crippen LogP contribution in [0.15, 0.2) is 16.7 Å². The number of carbonyl (C=O) groups is 1. The van der Waals surface area contributed by atoms with Gasteiger partial charge in [0.15, 0.2) is 5.78 Å². The summed E-state index contributed by atoms with van der Waals surface area (Å²) in [7, 11) is 0. The molecule has 0 amide bonds. The average Bonchev–Trinajstić information content (AvgIpc) is 2.86. The van der Waals surface area contributed by atoms with Crippen molar-refractivity contribution in [3.8, 4) is 0 Å². The molecule has 3 rings (SSSR count). The third kappa shape index (κ3) is 1.78. The molecule has 1 aliphatic carbocycles. The fourth-order valence-electron chi connectivity index (χ4n) is 2.49. The Labute approximate surface area is 106 Å². The van der Waals surface area contributed by atoms with Crippen molar-refractivity contribution in [2.75, 3.05) is 0 Å². The number of fused-ring (bicyclic) bond motifs is 1. The Bertz CT molecular complexity index is 588. The van der Waals surface area contributed by atoms with E-state index in [2.05, 4.69) is 9.55 Å². The van der Waals surface area contributed by atoms with Gasteiger partial charge in [-0.1, -0.05) is 0 Å². The molecule has 2 heterocycles. The van der Waals surface area contributed by atoms with Crippen LogP contribution in [0.5, 0.6) is 0 Å². The first-order valence-electron chi connectivity index (χ1n) is 6.29. The highest BCUT2D eigenvalue weighted by Crippen LogP contribution is 2.23. The number of hydrogen-bond donors (Lipinski definition) is 0. The highest BCUT2D eigenvalue weighted by molar-refractivity contribution is 5.98. The van der Waals surface area contributed by atoms with Gasteiger partial charge < -0.3 is 8.98 Å². The fraction of sp³-hybridized carbons (Fsp3) is 0.429. The Morgan fingerprint density at radius 1 is 1.39 bits per heavy atom. The van der Waals surface area contributed by atoms with Crippen molar-refractivity contribution >= 4 is 5.78 Å². The maximum atomic E-state index is 11.8. The van der Waals surface area contributed by atoms with Crippen molar-refractivity contribution < 1.29 is 9.21 Å². The molecule has 0 saturated heterocycles.